The highest BCUT2D eigenvalue weighted by molar-refractivity contribution is 7.93. The first-order valence-corrected chi connectivity index (χ1v) is 12.5. The second kappa shape index (κ2) is 8.79. The summed E-state index contributed by atoms with van der Waals surface area (Å²) >= 11 is 0. The molecule has 0 aliphatic carbocycles. The summed E-state index contributed by atoms with van der Waals surface area (Å²) in [5, 5.41) is 3.31. The van der Waals surface area contributed by atoms with E-state index in [0.29, 0.717) is 25.2 Å². The summed E-state index contributed by atoms with van der Waals surface area (Å²) in [6.45, 7) is 6.78. The van der Waals surface area contributed by atoms with Gasteiger partial charge in [-0.2, -0.15) is 0 Å². The van der Waals surface area contributed by atoms with Crippen molar-refractivity contribution in [3.8, 4) is 0 Å². The van der Waals surface area contributed by atoms with Crippen molar-refractivity contribution in [1.29, 1.82) is 0 Å². The maximum Gasteiger partial charge on any atom is 0.235 e. The van der Waals surface area contributed by atoms with Crippen molar-refractivity contribution in [3.05, 3.63) is 24.3 Å². The highest BCUT2D eigenvalue weighted by Gasteiger charge is 2.29. The van der Waals surface area contributed by atoms with Crippen molar-refractivity contribution in [2.45, 2.75) is 51.2 Å². The SMILES string of the molecule is CC(C)(C)S(=O)(=O)NCCCCCNc1cccc(N2CCCS2(=O)=O)c1. The van der Waals surface area contributed by atoms with Crippen LogP contribution in [0.25, 0.3) is 0 Å². The zero-order valence-electron chi connectivity index (χ0n) is 16.4. The number of unbranched alkanes of at least 4 members (excludes halogenated alkanes) is 2. The third-order valence-corrected chi connectivity index (χ3v) is 8.58. The first-order chi connectivity index (χ1) is 12.5. The third kappa shape index (κ3) is 6.08. The fourth-order valence-electron chi connectivity index (χ4n) is 2.78. The number of benzene rings is 1. The van der Waals surface area contributed by atoms with Crippen molar-refractivity contribution >= 4 is 31.4 Å². The van der Waals surface area contributed by atoms with Crippen LogP contribution < -0.4 is 14.3 Å². The molecule has 1 aromatic rings. The lowest BCUT2D eigenvalue weighted by atomic mass is 10.2. The van der Waals surface area contributed by atoms with Gasteiger partial charge in [0.15, 0.2) is 0 Å². The Bertz CT molecular complexity index is 830. The van der Waals surface area contributed by atoms with Crippen LogP contribution in [0, 0.1) is 0 Å². The Labute approximate surface area is 163 Å². The minimum absolute atomic E-state index is 0.212. The van der Waals surface area contributed by atoms with E-state index in [-0.39, 0.29) is 5.75 Å². The first kappa shape index (κ1) is 22.0. The predicted molar refractivity (Wildman–Crippen MR) is 111 cm³/mol. The summed E-state index contributed by atoms with van der Waals surface area (Å²) in [5.74, 6) is 0.212. The molecule has 0 radical (unpaired) electrons. The Morgan fingerprint density at radius 1 is 1.11 bits per heavy atom. The number of hydrogen-bond donors (Lipinski definition) is 2. The molecule has 1 fully saturated rings. The van der Waals surface area contributed by atoms with Crippen molar-refractivity contribution in [1.82, 2.24) is 4.72 Å². The molecule has 1 aliphatic heterocycles. The van der Waals surface area contributed by atoms with Crippen LogP contribution in [-0.2, 0) is 20.0 Å². The molecule has 1 saturated heterocycles. The van der Waals surface area contributed by atoms with Gasteiger partial charge < -0.3 is 5.32 Å². The molecule has 0 spiro atoms. The van der Waals surface area contributed by atoms with Crippen molar-refractivity contribution in [2.75, 3.05) is 35.0 Å². The van der Waals surface area contributed by atoms with Crippen LogP contribution in [0.15, 0.2) is 24.3 Å². The number of sulfonamides is 2. The van der Waals surface area contributed by atoms with E-state index in [1.54, 1.807) is 20.8 Å². The lowest BCUT2D eigenvalue weighted by Crippen LogP contribution is -2.39. The van der Waals surface area contributed by atoms with E-state index in [2.05, 4.69) is 10.0 Å². The Morgan fingerprint density at radius 2 is 1.81 bits per heavy atom. The Kier molecular flexibility index (Phi) is 7.15. The van der Waals surface area contributed by atoms with Gasteiger partial charge in [-0.15, -0.1) is 0 Å². The highest BCUT2D eigenvalue weighted by atomic mass is 32.2. The number of hydrogen-bond acceptors (Lipinski definition) is 5. The summed E-state index contributed by atoms with van der Waals surface area (Å²) in [7, 11) is -6.44. The standard InChI is InChI=1S/C18H31N3O4S2/c1-18(2,3)27(24,25)20-12-6-4-5-11-19-16-9-7-10-17(15-16)21-13-8-14-26(21,22)23/h7,9-10,15,19-20H,4-6,8,11-14H2,1-3H3. The quantitative estimate of drug-likeness (QED) is 0.602. The van der Waals surface area contributed by atoms with Crippen LogP contribution in [-0.4, -0.2) is 47.0 Å². The van der Waals surface area contributed by atoms with Crippen LogP contribution in [0.5, 0.6) is 0 Å². The molecule has 1 aliphatic rings. The molecule has 1 heterocycles. The summed E-state index contributed by atoms with van der Waals surface area (Å²) in [6, 6.07) is 7.45. The zero-order chi connectivity index (χ0) is 20.1. The van der Waals surface area contributed by atoms with Crippen LogP contribution in [0.4, 0.5) is 11.4 Å². The van der Waals surface area contributed by atoms with Gasteiger partial charge in [-0.05, 0) is 58.2 Å². The van der Waals surface area contributed by atoms with E-state index in [1.807, 2.05) is 24.3 Å². The Balaban J connectivity index is 1.72. The minimum Gasteiger partial charge on any atom is -0.385 e. The summed E-state index contributed by atoms with van der Waals surface area (Å²) in [5.41, 5.74) is 1.59. The maximum atomic E-state index is 12.0. The van der Waals surface area contributed by atoms with Crippen LogP contribution in [0.1, 0.15) is 46.5 Å². The Morgan fingerprint density at radius 3 is 2.44 bits per heavy atom. The summed E-state index contributed by atoms with van der Waals surface area (Å²) in [6.07, 6.45) is 3.26. The van der Waals surface area contributed by atoms with Gasteiger partial charge >= 0.3 is 0 Å². The molecule has 27 heavy (non-hydrogen) atoms. The number of rotatable bonds is 9. The molecule has 7 nitrogen and oxygen atoms in total. The van der Waals surface area contributed by atoms with Crippen molar-refractivity contribution < 1.29 is 16.8 Å². The van der Waals surface area contributed by atoms with Crippen molar-refractivity contribution in [3.63, 3.8) is 0 Å². The normalized spacial score (nSPS) is 17.2. The average molecular weight is 418 g/mol. The second-order valence-electron chi connectivity index (χ2n) is 7.79. The van der Waals surface area contributed by atoms with Crippen LogP contribution >= 0.6 is 0 Å². The van der Waals surface area contributed by atoms with Gasteiger partial charge in [0, 0.05) is 25.3 Å². The molecule has 2 rings (SSSR count). The highest BCUT2D eigenvalue weighted by Crippen LogP contribution is 2.26. The van der Waals surface area contributed by atoms with Gasteiger partial charge in [0.25, 0.3) is 0 Å². The third-order valence-electron chi connectivity index (χ3n) is 4.51. The van der Waals surface area contributed by atoms with Gasteiger partial charge in [0.05, 0.1) is 16.2 Å². The Hall–Kier alpha value is -1.32. The second-order valence-corrected chi connectivity index (χ2v) is 12.3. The molecular formula is C18H31N3O4S2. The average Bonchev–Trinajstić information content (AvgIpc) is 2.92. The van der Waals surface area contributed by atoms with Gasteiger partial charge in [0.1, 0.15) is 0 Å². The number of nitrogens with zero attached hydrogens (tertiary/aromatic N) is 1. The van der Waals surface area contributed by atoms with Gasteiger partial charge in [-0.3, -0.25) is 4.31 Å². The molecular weight excluding hydrogens is 386 g/mol. The van der Waals surface area contributed by atoms with E-state index >= 15 is 0 Å². The largest absolute Gasteiger partial charge is 0.385 e. The molecule has 0 saturated carbocycles. The number of nitrogens with one attached hydrogen (secondary N) is 2. The van der Waals surface area contributed by atoms with Gasteiger partial charge in [0.2, 0.25) is 20.0 Å². The molecule has 0 unspecified atom stereocenters. The molecule has 0 aromatic heterocycles. The minimum atomic E-state index is -3.28. The van der Waals surface area contributed by atoms with E-state index < -0.39 is 24.8 Å². The smallest absolute Gasteiger partial charge is 0.235 e. The molecule has 1 aromatic carbocycles. The molecule has 9 heteroatoms. The van der Waals surface area contributed by atoms with Crippen molar-refractivity contribution in [2.24, 2.45) is 0 Å². The summed E-state index contributed by atoms with van der Waals surface area (Å²) in [4.78, 5) is 0. The topological polar surface area (TPSA) is 95.6 Å². The predicted octanol–water partition coefficient (Wildman–Crippen LogP) is 2.53. The van der Waals surface area contributed by atoms with E-state index in [1.165, 1.54) is 4.31 Å². The van der Waals surface area contributed by atoms with Crippen LogP contribution in [0.2, 0.25) is 0 Å². The van der Waals surface area contributed by atoms with E-state index in [4.69, 9.17) is 0 Å². The monoisotopic (exact) mass is 417 g/mol. The van der Waals surface area contributed by atoms with E-state index in [9.17, 15) is 16.8 Å². The lowest BCUT2D eigenvalue weighted by Gasteiger charge is -2.19. The number of anilines is 2. The fourth-order valence-corrected chi connectivity index (χ4v) is 5.19. The van der Waals surface area contributed by atoms with Gasteiger partial charge in [-0.1, -0.05) is 12.5 Å². The zero-order valence-corrected chi connectivity index (χ0v) is 18.0. The van der Waals surface area contributed by atoms with Gasteiger partial charge in [-0.25, -0.2) is 21.6 Å². The molecule has 154 valence electrons. The van der Waals surface area contributed by atoms with Crippen LogP contribution in [0.3, 0.4) is 0 Å². The first-order valence-electron chi connectivity index (χ1n) is 9.36. The molecule has 2 N–H and O–H groups in total. The van der Waals surface area contributed by atoms with E-state index in [0.717, 1.165) is 31.5 Å². The molecule has 0 bridgehead atoms. The molecule has 0 atom stereocenters. The molecule has 0 amide bonds. The lowest BCUT2D eigenvalue weighted by molar-refractivity contribution is 0.540. The maximum absolute atomic E-state index is 12.0. The summed E-state index contributed by atoms with van der Waals surface area (Å²) < 4.78 is 51.3. The fraction of sp³-hybridized carbons (Fsp3) is 0.667.